The fraction of sp³-hybridized carbons (Fsp3) is 0.448. The van der Waals surface area contributed by atoms with Crippen LogP contribution in [0.25, 0.3) is 22.3 Å². The molecular weight excluding hydrogens is 664 g/mol. The molecule has 0 atom stereocenters. The predicted octanol–water partition coefficient (Wildman–Crippen LogP) is 3.21. The maximum atomic E-state index is 13.3. The van der Waals surface area contributed by atoms with E-state index in [1.165, 1.54) is 12.4 Å². The van der Waals surface area contributed by atoms with Crippen LogP contribution in [0.5, 0.6) is 0 Å². The summed E-state index contributed by atoms with van der Waals surface area (Å²) in [5, 5.41) is 25.0. The topological polar surface area (TPSA) is 182 Å². The third-order valence-corrected chi connectivity index (χ3v) is 8.22. The number of aliphatic carboxylic acids is 1. The van der Waals surface area contributed by atoms with Crippen LogP contribution in [0.3, 0.4) is 0 Å². The molecule has 49 heavy (non-hydrogen) atoms. The maximum absolute atomic E-state index is 13.3. The first kappa shape index (κ1) is 35.2. The number of carboxylic acids is 1. The van der Waals surface area contributed by atoms with Crippen molar-refractivity contribution in [1.29, 1.82) is 5.26 Å². The molecule has 6 heterocycles. The van der Waals surface area contributed by atoms with Crippen LogP contribution in [0, 0.1) is 11.3 Å². The number of carbonyl (C=O) groups excluding carboxylic acids is 1. The smallest absolute Gasteiger partial charge is 0.475 e. The molecule has 2 fully saturated rings. The Morgan fingerprint density at radius 2 is 1.84 bits per heavy atom. The number of rotatable bonds is 7. The van der Waals surface area contributed by atoms with Gasteiger partial charge in [0.25, 0.3) is 5.91 Å². The number of carboxylic acid groups (broad SMARTS) is 1. The molecule has 14 nitrogen and oxygen atoms in total. The van der Waals surface area contributed by atoms with Crippen molar-refractivity contribution in [2.45, 2.75) is 49.7 Å². The Hall–Kier alpha value is -5.16. The van der Waals surface area contributed by atoms with Crippen LogP contribution in [0.2, 0.25) is 0 Å². The number of carbonyl (C=O) groups is 2. The second-order valence-electron chi connectivity index (χ2n) is 11.5. The number of nitriles is 1. The number of amides is 1. The average Bonchev–Trinajstić information content (AvgIpc) is 3.73. The van der Waals surface area contributed by atoms with Gasteiger partial charge in [0.05, 0.1) is 30.1 Å². The van der Waals surface area contributed by atoms with Crippen molar-refractivity contribution < 1.29 is 41.0 Å². The van der Waals surface area contributed by atoms with Crippen molar-refractivity contribution in [2.24, 2.45) is 0 Å². The fourth-order valence-electron chi connectivity index (χ4n) is 5.86. The summed E-state index contributed by atoms with van der Waals surface area (Å²) in [7, 11) is 1.59. The standard InChI is InChI=1S/C27H28F3N11O.C2HF3O2/c1-32-12-18-10-21(38-25(37-18)27(28,29)30)24(42)39-8-3-19(4-9-39)40-14-26(15-40,5-6-31)41-13-17(11-36-41)22-20-2-7-33-23(20)35-16-34-22;3-2(4,5)1(6)7/h2,7,10-11,13,16,19,32H,3-5,8-9,12,14-15H2,1H3,(H,33,34,35);(H,6,7). The molecule has 0 saturated carbocycles. The number of piperidine rings is 1. The van der Waals surface area contributed by atoms with Gasteiger partial charge < -0.3 is 20.3 Å². The van der Waals surface area contributed by atoms with Crippen molar-refractivity contribution >= 4 is 22.9 Å². The number of likely N-dealkylation sites (tertiary alicyclic amines) is 2. The summed E-state index contributed by atoms with van der Waals surface area (Å²) in [5.74, 6) is -4.61. The molecule has 0 radical (unpaired) electrons. The van der Waals surface area contributed by atoms with Crippen LogP contribution in [-0.2, 0) is 23.1 Å². The summed E-state index contributed by atoms with van der Waals surface area (Å²) in [6, 6.07) is 5.71. The van der Waals surface area contributed by atoms with Crippen LogP contribution in [0.1, 0.15) is 41.3 Å². The van der Waals surface area contributed by atoms with Crippen molar-refractivity contribution in [3.63, 3.8) is 0 Å². The molecule has 6 rings (SSSR count). The molecule has 1 amide bonds. The third-order valence-electron chi connectivity index (χ3n) is 8.22. The van der Waals surface area contributed by atoms with Gasteiger partial charge in [0, 0.05) is 62.1 Å². The zero-order chi connectivity index (χ0) is 35.6. The van der Waals surface area contributed by atoms with Gasteiger partial charge >= 0.3 is 18.3 Å². The summed E-state index contributed by atoms with van der Waals surface area (Å²) < 4.78 is 73.6. The van der Waals surface area contributed by atoms with Gasteiger partial charge in [0.2, 0.25) is 5.82 Å². The Balaban J connectivity index is 0.000000606. The Kier molecular flexibility index (Phi) is 9.87. The monoisotopic (exact) mass is 693 g/mol. The molecule has 2 saturated heterocycles. The number of hydrogen-bond donors (Lipinski definition) is 3. The lowest BCUT2D eigenvalue weighted by Crippen LogP contribution is -2.66. The molecule has 260 valence electrons. The maximum Gasteiger partial charge on any atom is 0.490 e. The summed E-state index contributed by atoms with van der Waals surface area (Å²) in [6.45, 7) is 2.12. The van der Waals surface area contributed by atoms with Crippen LogP contribution in [-0.4, -0.2) is 107 Å². The highest BCUT2D eigenvalue weighted by Crippen LogP contribution is 2.37. The molecule has 0 bridgehead atoms. The largest absolute Gasteiger partial charge is 0.490 e. The van der Waals surface area contributed by atoms with Crippen molar-refractivity contribution in [3.8, 4) is 17.3 Å². The SMILES string of the molecule is CNCc1cc(C(=O)N2CCC(N3CC(CC#N)(n4cc(-c5ncnc6[nH]ccc56)cn4)C3)CC2)nc(C(F)(F)F)n1.O=C(O)C(F)(F)F. The van der Waals surface area contributed by atoms with Gasteiger partial charge in [-0.15, -0.1) is 0 Å². The van der Waals surface area contributed by atoms with Crippen LogP contribution < -0.4 is 5.32 Å². The zero-order valence-corrected chi connectivity index (χ0v) is 25.8. The summed E-state index contributed by atoms with van der Waals surface area (Å²) >= 11 is 0. The van der Waals surface area contributed by atoms with Gasteiger partial charge in [-0.3, -0.25) is 14.4 Å². The van der Waals surface area contributed by atoms with Gasteiger partial charge in [0.15, 0.2) is 0 Å². The van der Waals surface area contributed by atoms with Gasteiger partial charge in [-0.1, -0.05) is 0 Å². The van der Waals surface area contributed by atoms with Gasteiger partial charge in [-0.2, -0.15) is 36.7 Å². The number of nitrogens with one attached hydrogen (secondary N) is 2. The molecule has 0 aromatic carbocycles. The summed E-state index contributed by atoms with van der Waals surface area (Å²) in [5.41, 5.74) is 1.69. The molecule has 0 aliphatic carbocycles. The Labute approximate surface area is 273 Å². The van der Waals surface area contributed by atoms with E-state index in [0.29, 0.717) is 39.0 Å². The number of aromatic amines is 1. The number of H-pyrrole nitrogens is 1. The fourth-order valence-corrected chi connectivity index (χ4v) is 5.86. The lowest BCUT2D eigenvalue weighted by molar-refractivity contribution is -0.192. The number of hydrogen-bond acceptors (Lipinski definition) is 10. The Morgan fingerprint density at radius 3 is 2.45 bits per heavy atom. The molecule has 3 N–H and O–H groups in total. The normalized spacial score (nSPS) is 16.8. The Morgan fingerprint density at radius 1 is 1.14 bits per heavy atom. The molecule has 4 aromatic heterocycles. The molecule has 20 heteroatoms. The predicted molar refractivity (Wildman–Crippen MR) is 157 cm³/mol. The molecule has 4 aromatic rings. The van der Waals surface area contributed by atoms with E-state index in [2.05, 4.69) is 46.3 Å². The van der Waals surface area contributed by atoms with Crippen molar-refractivity contribution in [1.82, 2.24) is 49.8 Å². The minimum Gasteiger partial charge on any atom is -0.475 e. The first-order valence-electron chi connectivity index (χ1n) is 14.8. The van der Waals surface area contributed by atoms with Crippen LogP contribution in [0.4, 0.5) is 26.3 Å². The molecule has 2 aliphatic rings. The number of fused-ring (bicyclic) bond motifs is 1. The van der Waals surface area contributed by atoms with Crippen molar-refractivity contribution in [3.05, 3.63) is 54.3 Å². The van der Waals surface area contributed by atoms with Crippen LogP contribution in [0.15, 0.2) is 37.1 Å². The number of aromatic nitrogens is 7. The Bertz CT molecular complexity index is 1850. The lowest BCUT2D eigenvalue weighted by atomic mass is 9.83. The van der Waals surface area contributed by atoms with Gasteiger partial charge in [-0.25, -0.2) is 24.7 Å². The number of nitrogens with zero attached hydrogens (tertiary/aromatic N) is 9. The van der Waals surface area contributed by atoms with E-state index in [0.717, 1.165) is 22.3 Å². The molecule has 0 unspecified atom stereocenters. The quantitative estimate of drug-likeness (QED) is 0.242. The highest BCUT2D eigenvalue weighted by Gasteiger charge is 2.48. The number of alkyl halides is 6. The second-order valence-corrected chi connectivity index (χ2v) is 11.5. The van der Waals surface area contributed by atoms with E-state index in [9.17, 15) is 36.4 Å². The first-order chi connectivity index (χ1) is 23.1. The van der Waals surface area contributed by atoms with E-state index in [4.69, 9.17) is 9.90 Å². The minimum atomic E-state index is -5.08. The lowest BCUT2D eigenvalue weighted by Gasteiger charge is -2.53. The van der Waals surface area contributed by atoms with E-state index < -0.39 is 35.6 Å². The van der Waals surface area contributed by atoms with E-state index in [-0.39, 0.29) is 30.4 Å². The van der Waals surface area contributed by atoms with E-state index in [1.807, 2.05) is 23.1 Å². The molecule has 2 aliphatic heterocycles. The molecule has 0 spiro atoms. The minimum absolute atomic E-state index is 0.0840. The van der Waals surface area contributed by atoms with Gasteiger partial charge in [-0.05, 0) is 32.0 Å². The van der Waals surface area contributed by atoms with E-state index >= 15 is 0 Å². The summed E-state index contributed by atoms with van der Waals surface area (Å²) in [6.07, 6.45) is -1.25. The highest BCUT2D eigenvalue weighted by molar-refractivity contribution is 5.92. The van der Waals surface area contributed by atoms with E-state index in [1.54, 1.807) is 18.1 Å². The van der Waals surface area contributed by atoms with Crippen LogP contribution >= 0.6 is 0 Å². The zero-order valence-electron chi connectivity index (χ0n) is 25.8. The summed E-state index contributed by atoms with van der Waals surface area (Å²) in [4.78, 5) is 44.7. The van der Waals surface area contributed by atoms with Crippen molar-refractivity contribution in [2.75, 3.05) is 33.2 Å². The number of halogens is 6. The molecular formula is C29H29F6N11O3. The highest BCUT2D eigenvalue weighted by atomic mass is 19.4. The third kappa shape index (κ3) is 7.62. The first-order valence-corrected chi connectivity index (χ1v) is 14.8. The second kappa shape index (κ2) is 13.8. The van der Waals surface area contributed by atoms with Gasteiger partial charge in [0.1, 0.15) is 23.2 Å². The average molecular weight is 694 g/mol.